The van der Waals surface area contributed by atoms with Gasteiger partial charge >= 0.3 is 0 Å². The predicted molar refractivity (Wildman–Crippen MR) is 74.3 cm³/mol. The third-order valence-corrected chi connectivity index (χ3v) is 5.14. The van der Waals surface area contributed by atoms with E-state index in [-0.39, 0.29) is 10.0 Å². The Balaban J connectivity index is 1.91. The van der Waals surface area contributed by atoms with E-state index in [1.165, 1.54) is 23.1 Å². The Morgan fingerprint density at radius 2 is 2.15 bits per heavy atom. The Bertz CT molecular complexity index is 797. The Hall–Kier alpha value is -2.26. The largest absolute Gasteiger partial charge is 0.272 e. The van der Waals surface area contributed by atoms with Gasteiger partial charge in [-0.25, -0.2) is 23.1 Å². The zero-order valence-electron chi connectivity index (χ0n) is 10.0. The van der Waals surface area contributed by atoms with Crippen molar-refractivity contribution in [2.45, 2.75) is 4.21 Å². The van der Waals surface area contributed by atoms with E-state index in [0.29, 0.717) is 5.82 Å². The molecule has 0 amide bonds. The van der Waals surface area contributed by atoms with Crippen LogP contribution >= 0.6 is 11.3 Å². The second-order valence-electron chi connectivity index (χ2n) is 3.75. The van der Waals surface area contributed by atoms with Gasteiger partial charge in [-0.3, -0.25) is 4.72 Å². The lowest BCUT2D eigenvalue weighted by atomic mass is 10.5. The summed E-state index contributed by atoms with van der Waals surface area (Å²) in [5.41, 5.74) is 0. The van der Waals surface area contributed by atoms with E-state index in [1.807, 2.05) is 0 Å². The molecule has 0 bridgehead atoms. The molecule has 0 aromatic carbocycles. The van der Waals surface area contributed by atoms with Crippen LogP contribution in [0.5, 0.6) is 0 Å². The number of hydrogen-bond donors (Lipinski definition) is 1. The van der Waals surface area contributed by atoms with Gasteiger partial charge < -0.3 is 0 Å². The minimum absolute atomic E-state index is 0.193. The first-order valence-corrected chi connectivity index (χ1v) is 7.90. The number of nitrogens with zero attached hydrogens (tertiary/aromatic N) is 4. The number of aromatic nitrogens is 4. The molecule has 0 aliphatic carbocycles. The molecule has 20 heavy (non-hydrogen) atoms. The number of sulfonamides is 1. The molecule has 3 heterocycles. The lowest BCUT2D eigenvalue weighted by molar-refractivity contribution is 0.603. The first kappa shape index (κ1) is 12.8. The van der Waals surface area contributed by atoms with Gasteiger partial charge in [0.1, 0.15) is 16.4 Å². The van der Waals surface area contributed by atoms with Gasteiger partial charge in [0.15, 0.2) is 5.82 Å². The Morgan fingerprint density at radius 1 is 1.25 bits per heavy atom. The third kappa shape index (κ3) is 2.53. The van der Waals surface area contributed by atoms with Crippen LogP contribution in [0.1, 0.15) is 0 Å². The highest BCUT2D eigenvalue weighted by Gasteiger charge is 2.16. The number of hydrogen-bond acceptors (Lipinski definition) is 6. The molecule has 3 rings (SSSR count). The summed E-state index contributed by atoms with van der Waals surface area (Å²) in [6, 6.07) is 6.47. The smallest absolute Gasteiger partial charge is 0.263 e. The van der Waals surface area contributed by atoms with Crippen molar-refractivity contribution in [2.24, 2.45) is 0 Å². The van der Waals surface area contributed by atoms with Gasteiger partial charge in [-0.1, -0.05) is 6.07 Å². The molecule has 0 spiro atoms. The van der Waals surface area contributed by atoms with E-state index in [2.05, 4.69) is 19.8 Å². The maximum absolute atomic E-state index is 12.1. The number of anilines is 1. The van der Waals surface area contributed by atoms with E-state index in [1.54, 1.807) is 29.9 Å². The van der Waals surface area contributed by atoms with Gasteiger partial charge in [0, 0.05) is 18.5 Å². The van der Waals surface area contributed by atoms with Crippen LogP contribution in [-0.2, 0) is 10.0 Å². The van der Waals surface area contributed by atoms with E-state index >= 15 is 0 Å². The van der Waals surface area contributed by atoms with Gasteiger partial charge in [-0.15, -0.1) is 11.3 Å². The fraction of sp³-hybridized carbons (Fsp3) is 0. The van der Waals surface area contributed by atoms with Gasteiger partial charge in [0.05, 0.1) is 0 Å². The van der Waals surface area contributed by atoms with Crippen LogP contribution in [0.4, 0.5) is 5.82 Å². The van der Waals surface area contributed by atoms with Crippen LogP contribution in [0, 0.1) is 0 Å². The monoisotopic (exact) mass is 307 g/mol. The quantitative estimate of drug-likeness (QED) is 0.789. The molecule has 3 aromatic heterocycles. The molecule has 0 aliphatic rings. The van der Waals surface area contributed by atoms with Crippen LogP contribution < -0.4 is 4.72 Å². The predicted octanol–water partition coefficient (Wildman–Crippen LogP) is 1.52. The van der Waals surface area contributed by atoms with Gasteiger partial charge in [0.2, 0.25) is 0 Å². The number of nitrogens with one attached hydrogen (secondary N) is 1. The fourth-order valence-electron chi connectivity index (χ4n) is 1.54. The van der Waals surface area contributed by atoms with Crippen LogP contribution in [0.3, 0.4) is 0 Å². The second kappa shape index (κ2) is 5.02. The summed E-state index contributed by atoms with van der Waals surface area (Å²) in [5.74, 6) is 0.674. The fourth-order valence-corrected chi connectivity index (χ4v) is 3.53. The van der Waals surface area contributed by atoms with E-state index in [0.717, 1.165) is 11.3 Å². The average Bonchev–Trinajstić information content (AvgIpc) is 3.12. The van der Waals surface area contributed by atoms with Gasteiger partial charge in [0.25, 0.3) is 10.0 Å². The van der Waals surface area contributed by atoms with Crippen LogP contribution in [-0.4, -0.2) is 28.2 Å². The highest BCUT2D eigenvalue weighted by Crippen LogP contribution is 2.19. The van der Waals surface area contributed by atoms with Crippen molar-refractivity contribution >= 4 is 27.2 Å². The molecular formula is C11H9N5O2S2. The second-order valence-corrected chi connectivity index (χ2v) is 6.61. The zero-order chi connectivity index (χ0) is 14.0. The van der Waals surface area contributed by atoms with E-state index < -0.39 is 10.0 Å². The van der Waals surface area contributed by atoms with E-state index in [4.69, 9.17) is 0 Å². The van der Waals surface area contributed by atoms with Crippen molar-refractivity contribution in [3.8, 4) is 5.82 Å². The van der Waals surface area contributed by atoms with Crippen molar-refractivity contribution in [1.29, 1.82) is 0 Å². The maximum Gasteiger partial charge on any atom is 0.272 e. The zero-order valence-corrected chi connectivity index (χ0v) is 11.7. The summed E-state index contributed by atoms with van der Waals surface area (Å²) in [6.07, 6.45) is 4.60. The Morgan fingerprint density at radius 3 is 2.85 bits per heavy atom. The van der Waals surface area contributed by atoms with Crippen LogP contribution in [0.25, 0.3) is 5.82 Å². The number of rotatable bonds is 4. The summed E-state index contributed by atoms with van der Waals surface area (Å²) in [4.78, 5) is 7.94. The molecule has 0 saturated heterocycles. The highest BCUT2D eigenvalue weighted by atomic mass is 32.2. The molecule has 102 valence electrons. The first-order chi connectivity index (χ1) is 9.65. The molecule has 1 N–H and O–H groups in total. The molecule has 7 nitrogen and oxygen atoms in total. The van der Waals surface area contributed by atoms with Crippen molar-refractivity contribution in [3.63, 3.8) is 0 Å². The Kier molecular flexibility index (Phi) is 3.20. The molecule has 0 fully saturated rings. The first-order valence-electron chi connectivity index (χ1n) is 5.53. The van der Waals surface area contributed by atoms with Crippen molar-refractivity contribution in [3.05, 3.63) is 48.4 Å². The minimum atomic E-state index is -3.61. The van der Waals surface area contributed by atoms with E-state index in [9.17, 15) is 8.42 Å². The highest BCUT2D eigenvalue weighted by molar-refractivity contribution is 7.94. The lowest BCUT2D eigenvalue weighted by Gasteiger charge is -2.06. The van der Waals surface area contributed by atoms with Crippen LogP contribution in [0.2, 0.25) is 0 Å². The normalized spacial score (nSPS) is 11.4. The average molecular weight is 307 g/mol. The molecule has 3 aromatic rings. The SMILES string of the molecule is O=S(=O)(Nc1cc(-n2cccn2)ncn1)c1cccs1. The molecule has 0 aliphatic heterocycles. The molecular weight excluding hydrogens is 298 g/mol. The standard InChI is InChI=1S/C11H9N5O2S2/c17-20(18,11-3-1-6-19-11)15-9-7-10(13-8-12-9)16-5-2-4-14-16/h1-8H,(H,12,13,15). The topological polar surface area (TPSA) is 89.8 Å². The lowest BCUT2D eigenvalue weighted by Crippen LogP contribution is -2.13. The van der Waals surface area contributed by atoms with Crippen molar-refractivity contribution in [1.82, 2.24) is 19.7 Å². The number of thiophene rings is 1. The summed E-state index contributed by atoms with van der Waals surface area (Å²) >= 11 is 1.14. The van der Waals surface area contributed by atoms with Crippen molar-refractivity contribution in [2.75, 3.05) is 4.72 Å². The molecule has 0 unspecified atom stereocenters. The van der Waals surface area contributed by atoms with Gasteiger partial charge in [-0.2, -0.15) is 5.10 Å². The maximum atomic E-state index is 12.1. The Labute approximate surface area is 119 Å². The molecule has 0 atom stereocenters. The minimum Gasteiger partial charge on any atom is -0.263 e. The summed E-state index contributed by atoms with van der Waals surface area (Å²) in [5, 5.41) is 5.72. The summed E-state index contributed by atoms with van der Waals surface area (Å²) in [6.45, 7) is 0. The summed E-state index contributed by atoms with van der Waals surface area (Å²) < 4.78 is 28.3. The van der Waals surface area contributed by atoms with Crippen molar-refractivity contribution < 1.29 is 8.42 Å². The van der Waals surface area contributed by atoms with Crippen LogP contribution in [0.15, 0.2) is 52.6 Å². The van der Waals surface area contributed by atoms with Gasteiger partial charge in [-0.05, 0) is 17.5 Å². The molecule has 0 saturated carbocycles. The summed E-state index contributed by atoms with van der Waals surface area (Å²) in [7, 11) is -3.61. The molecule has 9 heteroatoms. The molecule has 0 radical (unpaired) electrons. The third-order valence-electron chi connectivity index (χ3n) is 2.39.